The molecule has 1 aromatic heterocycles. The molecule has 1 atom stereocenters. The SMILES string of the molecule is O=C(CCC1CCCC1)NC1(C(F)(F)F)C(=O)Nc2nc3c(C(F)(F)F)cccc3n21. The maximum atomic E-state index is 14.2. The minimum absolute atomic E-state index is 0.226. The number of alkyl halides is 6. The number of carbonyl (C=O) groups is 2. The van der Waals surface area contributed by atoms with E-state index in [1.165, 1.54) is 0 Å². The van der Waals surface area contributed by atoms with Crippen LogP contribution in [0.3, 0.4) is 0 Å². The molecule has 0 saturated heterocycles. The van der Waals surface area contributed by atoms with E-state index in [1.807, 2.05) is 5.32 Å². The van der Waals surface area contributed by atoms with Gasteiger partial charge < -0.3 is 5.32 Å². The maximum absolute atomic E-state index is 14.2. The summed E-state index contributed by atoms with van der Waals surface area (Å²) in [5.41, 5.74) is -6.16. The highest BCUT2D eigenvalue weighted by Gasteiger charge is 2.67. The van der Waals surface area contributed by atoms with Crippen molar-refractivity contribution in [2.24, 2.45) is 5.92 Å². The summed E-state index contributed by atoms with van der Waals surface area (Å²) in [7, 11) is 0. The Morgan fingerprint density at radius 1 is 1.19 bits per heavy atom. The van der Waals surface area contributed by atoms with Gasteiger partial charge in [0, 0.05) is 6.42 Å². The molecule has 2 amide bonds. The smallest absolute Gasteiger partial charge is 0.317 e. The van der Waals surface area contributed by atoms with Gasteiger partial charge in [0.2, 0.25) is 11.9 Å². The summed E-state index contributed by atoms with van der Waals surface area (Å²) in [5, 5.41) is 3.64. The molecule has 0 spiro atoms. The fraction of sp³-hybridized carbons (Fsp3) is 0.526. The van der Waals surface area contributed by atoms with Crippen LogP contribution in [0.25, 0.3) is 11.0 Å². The van der Waals surface area contributed by atoms with E-state index in [-0.39, 0.29) is 12.3 Å². The quantitative estimate of drug-likeness (QED) is 0.685. The second-order valence-corrected chi connectivity index (χ2v) is 7.84. The van der Waals surface area contributed by atoms with Gasteiger partial charge in [0.05, 0.1) is 11.1 Å². The first-order valence-corrected chi connectivity index (χ1v) is 9.73. The number of fused-ring (bicyclic) bond motifs is 3. The van der Waals surface area contributed by atoms with Gasteiger partial charge in [-0.05, 0) is 24.5 Å². The average Bonchev–Trinajstić information content (AvgIpc) is 3.35. The number of rotatable bonds is 4. The zero-order valence-corrected chi connectivity index (χ0v) is 16.0. The highest BCUT2D eigenvalue weighted by molar-refractivity contribution is 6.05. The number of amides is 2. The fourth-order valence-electron chi connectivity index (χ4n) is 4.38. The Morgan fingerprint density at radius 2 is 1.87 bits per heavy atom. The number of anilines is 1. The molecule has 1 saturated carbocycles. The summed E-state index contributed by atoms with van der Waals surface area (Å²) in [6, 6.07) is 2.60. The van der Waals surface area contributed by atoms with E-state index in [2.05, 4.69) is 4.98 Å². The number of imidazole rings is 1. The summed E-state index contributed by atoms with van der Waals surface area (Å²) in [5.74, 6) is -3.13. The van der Waals surface area contributed by atoms with E-state index in [1.54, 1.807) is 5.32 Å². The number of nitrogens with one attached hydrogen (secondary N) is 2. The Kier molecular flexibility index (Phi) is 4.93. The van der Waals surface area contributed by atoms with E-state index in [4.69, 9.17) is 0 Å². The molecule has 2 aromatic rings. The second kappa shape index (κ2) is 7.13. The number of nitrogens with zero attached hydrogens (tertiary/aromatic N) is 2. The number of hydrogen-bond donors (Lipinski definition) is 2. The molecule has 1 aromatic carbocycles. The van der Waals surface area contributed by atoms with Crippen molar-refractivity contribution in [2.75, 3.05) is 5.32 Å². The standard InChI is InChI=1S/C19H18F6N4O2/c20-18(21,22)11-6-3-7-12-14(11)26-16-27-15(31)17(29(12)16,19(23,24)25)28-13(30)9-8-10-4-1-2-5-10/h3,6-7,10H,1-2,4-5,8-9H2,(H,28,30)(H,26,27,31). The zero-order valence-electron chi connectivity index (χ0n) is 16.0. The van der Waals surface area contributed by atoms with Crippen molar-refractivity contribution in [3.8, 4) is 0 Å². The summed E-state index contributed by atoms with van der Waals surface area (Å²) in [6.45, 7) is 0. The number of halogens is 6. The lowest BCUT2D eigenvalue weighted by atomic mass is 10.0. The van der Waals surface area contributed by atoms with Gasteiger partial charge in [-0.3, -0.25) is 19.5 Å². The molecule has 31 heavy (non-hydrogen) atoms. The van der Waals surface area contributed by atoms with Crippen LogP contribution in [-0.4, -0.2) is 27.5 Å². The monoisotopic (exact) mass is 448 g/mol. The van der Waals surface area contributed by atoms with Crippen LogP contribution >= 0.6 is 0 Å². The Labute approximate surface area is 172 Å². The first-order chi connectivity index (χ1) is 14.4. The predicted octanol–water partition coefficient (Wildman–Crippen LogP) is 4.31. The molecule has 168 valence electrons. The topological polar surface area (TPSA) is 76.0 Å². The van der Waals surface area contributed by atoms with Crippen LogP contribution < -0.4 is 10.6 Å². The van der Waals surface area contributed by atoms with Crippen molar-refractivity contribution in [2.45, 2.75) is 56.5 Å². The average molecular weight is 448 g/mol. The van der Waals surface area contributed by atoms with Crippen molar-refractivity contribution in [3.63, 3.8) is 0 Å². The van der Waals surface area contributed by atoms with Gasteiger partial charge >= 0.3 is 12.4 Å². The normalized spacial score (nSPS) is 22.1. The van der Waals surface area contributed by atoms with E-state index in [0.29, 0.717) is 17.1 Å². The largest absolute Gasteiger partial charge is 0.440 e. The second-order valence-electron chi connectivity index (χ2n) is 7.84. The molecule has 6 nitrogen and oxygen atoms in total. The summed E-state index contributed by atoms with van der Waals surface area (Å²) >= 11 is 0. The summed E-state index contributed by atoms with van der Waals surface area (Å²) < 4.78 is 83.0. The number of hydrogen-bond acceptors (Lipinski definition) is 3. The van der Waals surface area contributed by atoms with Crippen LogP contribution in [0.2, 0.25) is 0 Å². The van der Waals surface area contributed by atoms with Gasteiger partial charge in [0.1, 0.15) is 5.52 Å². The lowest BCUT2D eigenvalue weighted by Crippen LogP contribution is -2.63. The van der Waals surface area contributed by atoms with E-state index in [0.717, 1.165) is 37.8 Å². The van der Waals surface area contributed by atoms with Crippen LogP contribution in [0.5, 0.6) is 0 Å². The van der Waals surface area contributed by atoms with Crippen LogP contribution in [0, 0.1) is 5.92 Å². The Bertz CT molecular complexity index is 1040. The van der Waals surface area contributed by atoms with Gasteiger partial charge in [-0.1, -0.05) is 31.7 Å². The third-order valence-corrected chi connectivity index (χ3v) is 5.86. The fourth-order valence-corrected chi connectivity index (χ4v) is 4.38. The Balaban J connectivity index is 1.77. The molecular weight excluding hydrogens is 430 g/mol. The van der Waals surface area contributed by atoms with Crippen molar-refractivity contribution >= 4 is 28.8 Å². The molecule has 2 heterocycles. The number of para-hydroxylation sites is 1. The van der Waals surface area contributed by atoms with E-state index < -0.39 is 52.4 Å². The van der Waals surface area contributed by atoms with Crippen molar-refractivity contribution in [3.05, 3.63) is 23.8 Å². The minimum Gasteiger partial charge on any atom is -0.317 e. The van der Waals surface area contributed by atoms with Gasteiger partial charge in [0.25, 0.3) is 11.6 Å². The molecule has 4 rings (SSSR count). The zero-order chi connectivity index (χ0) is 22.6. The van der Waals surface area contributed by atoms with Crippen LogP contribution in [0.4, 0.5) is 32.3 Å². The van der Waals surface area contributed by atoms with Crippen molar-refractivity contribution in [1.29, 1.82) is 0 Å². The van der Waals surface area contributed by atoms with Crippen LogP contribution in [-0.2, 0) is 21.4 Å². The van der Waals surface area contributed by atoms with Gasteiger partial charge in [-0.2, -0.15) is 26.3 Å². The minimum atomic E-state index is -5.34. The molecule has 0 radical (unpaired) electrons. The molecule has 2 N–H and O–H groups in total. The van der Waals surface area contributed by atoms with E-state index in [9.17, 15) is 35.9 Å². The highest BCUT2D eigenvalue weighted by atomic mass is 19.4. The molecule has 1 fully saturated rings. The van der Waals surface area contributed by atoms with Crippen molar-refractivity contribution in [1.82, 2.24) is 14.9 Å². The van der Waals surface area contributed by atoms with Crippen LogP contribution in [0.1, 0.15) is 44.1 Å². The maximum Gasteiger partial charge on any atom is 0.440 e. The van der Waals surface area contributed by atoms with Gasteiger partial charge in [-0.15, -0.1) is 0 Å². The Hall–Kier alpha value is -2.79. The molecule has 2 aliphatic rings. The lowest BCUT2D eigenvalue weighted by molar-refractivity contribution is -0.217. The van der Waals surface area contributed by atoms with Crippen molar-refractivity contribution < 1.29 is 35.9 Å². The summed E-state index contributed by atoms with van der Waals surface area (Å²) in [4.78, 5) is 28.5. The highest BCUT2D eigenvalue weighted by Crippen LogP contribution is 2.46. The van der Waals surface area contributed by atoms with Crippen LogP contribution in [0.15, 0.2) is 18.2 Å². The third-order valence-electron chi connectivity index (χ3n) is 5.86. The third kappa shape index (κ3) is 3.41. The van der Waals surface area contributed by atoms with E-state index >= 15 is 0 Å². The number of benzene rings is 1. The molecule has 1 aliphatic heterocycles. The molecule has 0 bridgehead atoms. The lowest BCUT2D eigenvalue weighted by Gasteiger charge is -2.32. The summed E-state index contributed by atoms with van der Waals surface area (Å²) in [6.07, 6.45) is -6.32. The molecule has 1 aliphatic carbocycles. The predicted molar refractivity (Wildman–Crippen MR) is 96.7 cm³/mol. The number of aromatic nitrogens is 2. The number of carbonyl (C=O) groups excluding carboxylic acids is 2. The first-order valence-electron chi connectivity index (χ1n) is 9.73. The molecule has 1 unspecified atom stereocenters. The Morgan fingerprint density at radius 3 is 2.48 bits per heavy atom. The van der Waals surface area contributed by atoms with Gasteiger partial charge in [-0.25, -0.2) is 4.98 Å². The first kappa shape index (κ1) is 21.4. The molecular formula is C19H18F6N4O2. The molecule has 12 heteroatoms. The van der Waals surface area contributed by atoms with Gasteiger partial charge in [0.15, 0.2) is 0 Å².